The molecule has 1 aliphatic carbocycles. The van der Waals surface area contributed by atoms with Crippen LogP contribution in [0.2, 0.25) is 0 Å². The van der Waals surface area contributed by atoms with Gasteiger partial charge in [0.15, 0.2) is 11.5 Å². The Morgan fingerprint density at radius 2 is 1.89 bits per heavy atom. The van der Waals surface area contributed by atoms with Crippen LogP contribution in [0.3, 0.4) is 0 Å². The number of aldehydes is 1. The number of rotatable bonds is 12. The minimum Gasteiger partial charge on any atom is -0.493 e. The van der Waals surface area contributed by atoms with E-state index in [1.807, 2.05) is 54.4 Å². The summed E-state index contributed by atoms with van der Waals surface area (Å²) in [7, 11) is 1.66. The molecule has 0 spiro atoms. The van der Waals surface area contributed by atoms with Gasteiger partial charge in [0, 0.05) is 11.5 Å². The quantitative estimate of drug-likeness (QED) is 0.293. The van der Waals surface area contributed by atoms with Gasteiger partial charge in [0.1, 0.15) is 12.3 Å². The van der Waals surface area contributed by atoms with Crippen LogP contribution in [0.25, 0.3) is 0 Å². The van der Waals surface area contributed by atoms with Crippen LogP contribution in [0.4, 0.5) is 5.69 Å². The molecule has 8 nitrogen and oxygen atoms in total. The van der Waals surface area contributed by atoms with E-state index in [0.717, 1.165) is 48.1 Å². The molecular weight excluding hydrogens is 470 g/mol. The van der Waals surface area contributed by atoms with Crippen LogP contribution in [0.5, 0.6) is 11.5 Å². The Bertz CT molecular complexity index is 1100. The third kappa shape index (κ3) is 6.31. The summed E-state index contributed by atoms with van der Waals surface area (Å²) in [5.74, 6) is 1.61. The van der Waals surface area contributed by atoms with E-state index in [4.69, 9.17) is 19.4 Å². The average molecular weight is 508 g/mol. The Morgan fingerprint density at radius 3 is 2.57 bits per heavy atom. The standard InChI is InChI=1S/C29H37N3O5/c1-4-22-16-25(19-33)31(18-21-9-8-10-24(15-21)32(20-34)36-5-2)30-29(22)23-13-14-27(35-3)28(17-23)37-26-11-6-7-12-26/h8-10,13-15,17,19-20,22,25-26H,4-7,11-12,16,18H2,1-3H3. The van der Waals surface area contributed by atoms with Crippen LogP contribution >= 0.6 is 0 Å². The molecule has 0 aromatic heterocycles. The maximum Gasteiger partial charge on any atom is 0.238 e. The van der Waals surface area contributed by atoms with E-state index in [9.17, 15) is 9.59 Å². The number of hydrogen-bond donors (Lipinski definition) is 0. The summed E-state index contributed by atoms with van der Waals surface area (Å²) in [6.07, 6.45) is 7.90. The Labute approximate surface area is 219 Å². The first-order chi connectivity index (χ1) is 18.1. The molecule has 0 saturated heterocycles. The Morgan fingerprint density at radius 1 is 1.08 bits per heavy atom. The first-order valence-electron chi connectivity index (χ1n) is 13.2. The van der Waals surface area contributed by atoms with Gasteiger partial charge in [-0.05, 0) is 81.3 Å². The first-order valence-corrected chi connectivity index (χ1v) is 13.2. The molecule has 0 bridgehead atoms. The number of carbonyl (C=O) groups excluding carboxylic acids is 2. The van der Waals surface area contributed by atoms with Gasteiger partial charge >= 0.3 is 0 Å². The molecule has 2 aromatic rings. The van der Waals surface area contributed by atoms with Gasteiger partial charge in [-0.1, -0.05) is 19.1 Å². The van der Waals surface area contributed by atoms with Gasteiger partial charge in [0.05, 0.1) is 37.8 Å². The molecule has 1 heterocycles. The van der Waals surface area contributed by atoms with Crippen LogP contribution in [0.1, 0.15) is 63.5 Å². The van der Waals surface area contributed by atoms with Gasteiger partial charge in [-0.3, -0.25) is 14.6 Å². The number of methoxy groups -OCH3 is 1. The number of hydrazone groups is 1. The zero-order valence-corrected chi connectivity index (χ0v) is 22.0. The summed E-state index contributed by atoms with van der Waals surface area (Å²) in [5, 5.41) is 8.08. The summed E-state index contributed by atoms with van der Waals surface area (Å²) in [4.78, 5) is 28.9. The Kier molecular flexibility index (Phi) is 9.17. The normalized spacial score (nSPS) is 19.9. The predicted octanol–water partition coefficient (Wildman–Crippen LogP) is 5.13. The molecule has 2 atom stereocenters. The molecule has 2 aromatic carbocycles. The van der Waals surface area contributed by atoms with Crippen molar-refractivity contribution in [3.05, 3.63) is 53.6 Å². The number of nitrogens with zero attached hydrogens (tertiary/aromatic N) is 3. The fraction of sp³-hybridized carbons (Fsp3) is 0.483. The molecular formula is C29H37N3O5. The molecule has 37 heavy (non-hydrogen) atoms. The fourth-order valence-electron chi connectivity index (χ4n) is 5.15. The van der Waals surface area contributed by atoms with E-state index >= 15 is 0 Å². The first kappa shape index (κ1) is 26.7. The number of carbonyl (C=O) groups is 2. The molecule has 1 saturated carbocycles. The lowest BCUT2D eigenvalue weighted by Gasteiger charge is -2.35. The highest BCUT2D eigenvalue weighted by Gasteiger charge is 2.31. The van der Waals surface area contributed by atoms with Crippen molar-refractivity contribution < 1.29 is 23.9 Å². The van der Waals surface area contributed by atoms with Crippen molar-refractivity contribution in [3.8, 4) is 11.5 Å². The number of hydroxylamine groups is 1. The molecule has 8 heteroatoms. The Hall–Kier alpha value is -3.39. The van der Waals surface area contributed by atoms with Gasteiger partial charge in [0.2, 0.25) is 6.41 Å². The summed E-state index contributed by atoms with van der Waals surface area (Å²) in [5.41, 5.74) is 3.48. The second-order valence-corrected chi connectivity index (χ2v) is 9.54. The molecule has 1 aliphatic heterocycles. The fourth-order valence-corrected chi connectivity index (χ4v) is 5.15. The number of anilines is 1. The number of ether oxygens (including phenoxy) is 2. The van der Waals surface area contributed by atoms with Gasteiger partial charge in [-0.15, -0.1) is 0 Å². The maximum absolute atomic E-state index is 12.1. The molecule has 2 aliphatic rings. The minimum atomic E-state index is -0.334. The van der Waals surface area contributed by atoms with Gasteiger partial charge in [0.25, 0.3) is 0 Å². The molecule has 0 N–H and O–H groups in total. The molecule has 198 valence electrons. The van der Waals surface area contributed by atoms with E-state index in [-0.39, 0.29) is 18.1 Å². The third-order valence-electron chi connectivity index (χ3n) is 7.11. The molecule has 2 unspecified atom stereocenters. The average Bonchev–Trinajstić information content (AvgIpc) is 3.44. The van der Waals surface area contributed by atoms with Crippen molar-refractivity contribution in [2.24, 2.45) is 11.0 Å². The summed E-state index contributed by atoms with van der Waals surface area (Å²) < 4.78 is 11.9. The van der Waals surface area contributed by atoms with Crippen molar-refractivity contribution in [2.75, 3.05) is 18.8 Å². The van der Waals surface area contributed by atoms with Crippen molar-refractivity contribution in [1.29, 1.82) is 0 Å². The van der Waals surface area contributed by atoms with Gasteiger partial charge < -0.3 is 14.3 Å². The Balaban J connectivity index is 1.64. The highest BCUT2D eigenvalue weighted by Crippen LogP contribution is 2.35. The highest BCUT2D eigenvalue weighted by atomic mass is 16.7. The number of hydrogen-bond acceptors (Lipinski definition) is 7. The molecule has 0 radical (unpaired) electrons. The highest BCUT2D eigenvalue weighted by molar-refractivity contribution is 6.03. The maximum atomic E-state index is 12.1. The lowest BCUT2D eigenvalue weighted by atomic mass is 9.87. The van der Waals surface area contributed by atoms with E-state index in [1.165, 1.54) is 17.9 Å². The van der Waals surface area contributed by atoms with E-state index < -0.39 is 0 Å². The van der Waals surface area contributed by atoms with Crippen LogP contribution in [-0.4, -0.2) is 49.3 Å². The van der Waals surface area contributed by atoms with Crippen molar-refractivity contribution in [2.45, 2.75) is 71.1 Å². The van der Waals surface area contributed by atoms with E-state index in [2.05, 4.69) is 6.92 Å². The van der Waals surface area contributed by atoms with E-state index in [0.29, 0.717) is 37.4 Å². The van der Waals surface area contributed by atoms with E-state index in [1.54, 1.807) is 7.11 Å². The zero-order chi connectivity index (χ0) is 26.2. The lowest BCUT2D eigenvalue weighted by molar-refractivity contribution is -0.114. The predicted molar refractivity (Wildman–Crippen MR) is 143 cm³/mol. The SMILES string of the molecule is CCON(C=O)c1cccc(CN2N=C(c3ccc(OC)c(OC4CCCC4)c3)C(CC)CC2C=O)c1. The van der Waals surface area contributed by atoms with Crippen LogP contribution in [0.15, 0.2) is 47.6 Å². The number of benzene rings is 2. The van der Waals surface area contributed by atoms with Crippen molar-refractivity contribution >= 4 is 24.1 Å². The molecule has 1 amide bonds. The number of amides is 1. The smallest absolute Gasteiger partial charge is 0.238 e. The van der Waals surface area contributed by atoms with Crippen molar-refractivity contribution in [3.63, 3.8) is 0 Å². The molecule has 1 fully saturated rings. The van der Waals surface area contributed by atoms with Crippen LogP contribution < -0.4 is 14.5 Å². The van der Waals surface area contributed by atoms with Gasteiger partial charge in [-0.25, -0.2) is 0 Å². The van der Waals surface area contributed by atoms with Crippen LogP contribution in [0, 0.1) is 5.92 Å². The summed E-state index contributed by atoms with van der Waals surface area (Å²) in [6.45, 7) is 4.76. The molecule has 4 rings (SSSR count). The summed E-state index contributed by atoms with van der Waals surface area (Å²) >= 11 is 0. The third-order valence-corrected chi connectivity index (χ3v) is 7.11. The topological polar surface area (TPSA) is 80.7 Å². The zero-order valence-electron chi connectivity index (χ0n) is 22.0. The minimum absolute atomic E-state index is 0.147. The second kappa shape index (κ2) is 12.7. The van der Waals surface area contributed by atoms with Crippen LogP contribution in [-0.2, 0) is 21.0 Å². The second-order valence-electron chi connectivity index (χ2n) is 9.54. The van der Waals surface area contributed by atoms with Gasteiger partial charge in [-0.2, -0.15) is 10.2 Å². The van der Waals surface area contributed by atoms with Crippen molar-refractivity contribution in [1.82, 2.24) is 5.01 Å². The summed E-state index contributed by atoms with van der Waals surface area (Å²) in [6, 6.07) is 13.2. The monoisotopic (exact) mass is 507 g/mol. The largest absolute Gasteiger partial charge is 0.493 e. The lowest BCUT2D eigenvalue weighted by Crippen LogP contribution is -2.41.